The second kappa shape index (κ2) is 6.06. The third kappa shape index (κ3) is 2.70. The van der Waals surface area contributed by atoms with Crippen molar-refractivity contribution in [3.8, 4) is 11.8 Å². The maximum Gasteiger partial charge on any atom is 0.0255 e. The van der Waals surface area contributed by atoms with Gasteiger partial charge in [-0.1, -0.05) is 60.4 Å². The molecular formula is C26H16. The molecule has 26 heavy (non-hydrogen) atoms. The lowest BCUT2D eigenvalue weighted by atomic mass is 9.99. The summed E-state index contributed by atoms with van der Waals surface area (Å²) >= 11 is 0. The summed E-state index contributed by atoms with van der Waals surface area (Å²) in [5.41, 5.74) is 2.08. The van der Waals surface area contributed by atoms with Crippen LogP contribution in [0.2, 0.25) is 0 Å². The molecule has 5 rings (SSSR count). The van der Waals surface area contributed by atoms with E-state index < -0.39 is 0 Å². The summed E-state index contributed by atoms with van der Waals surface area (Å²) in [4.78, 5) is 0. The van der Waals surface area contributed by atoms with E-state index in [4.69, 9.17) is 0 Å². The van der Waals surface area contributed by atoms with Gasteiger partial charge < -0.3 is 0 Å². The highest BCUT2D eigenvalue weighted by atomic mass is 14.1. The van der Waals surface area contributed by atoms with Crippen molar-refractivity contribution < 1.29 is 0 Å². The first-order valence-electron chi connectivity index (χ1n) is 8.79. The molecule has 0 aliphatic rings. The van der Waals surface area contributed by atoms with Crippen LogP contribution in [0.3, 0.4) is 0 Å². The Kier molecular flexibility index (Phi) is 3.44. The summed E-state index contributed by atoms with van der Waals surface area (Å²) in [7, 11) is 0. The number of hydrogen-bond donors (Lipinski definition) is 0. The fourth-order valence-electron chi connectivity index (χ4n) is 3.44. The van der Waals surface area contributed by atoms with Crippen LogP contribution in [0.4, 0.5) is 0 Å². The van der Waals surface area contributed by atoms with E-state index in [2.05, 4.69) is 78.6 Å². The van der Waals surface area contributed by atoms with Gasteiger partial charge in [-0.3, -0.25) is 0 Å². The first kappa shape index (κ1) is 14.8. The van der Waals surface area contributed by atoms with Crippen LogP contribution in [0.25, 0.3) is 32.3 Å². The summed E-state index contributed by atoms with van der Waals surface area (Å²) in [6.07, 6.45) is 0. The van der Waals surface area contributed by atoms with Crippen molar-refractivity contribution in [2.75, 3.05) is 0 Å². The van der Waals surface area contributed by atoms with Crippen LogP contribution in [-0.2, 0) is 0 Å². The molecule has 0 heterocycles. The van der Waals surface area contributed by atoms with Gasteiger partial charge in [-0.05, 0) is 80.8 Å². The van der Waals surface area contributed by atoms with Crippen LogP contribution in [0.15, 0.2) is 97.1 Å². The van der Waals surface area contributed by atoms with E-state index in [9.17, 15) is 0 Å². The minimum absolute atomic E-state index is 1.04. The molecule has 0 aromatic heterocycles. The van der Waals surface area contributed by atoms with Gasteiger partial charge in [0.05, 0.1) is 0 Å². The third-order valence-corrected chi connectivity index (χ3v) is 4.79. The molecule has 0 saturated heterocycles. The van der Waals surface area contributed by atoms with E-state index in [1.807, 2.05) is 30.3 Å². The summed E-state index contributed by atoms with van der Waals surface area (Å²) in [5.74, 6) is 6.52. The van der Waals surface area contributed by atoms with Crippen molar-refractivity contribution >= 4 is 32.3 Å². The zero-order chi connectivity index (χ0) is 17.3. The molecule has 0 radical (unpaired) electrons. The first-order chi connectivity index (χ1) is 12.8. The highest BCUT2D eigenvalue weighted by Gasteiger charge is 2.01. The number of rotatable bonds is 0. The Hall–Kier alpha value is -3.56. The molecule has 0 N–H and O–H groups in total. The van der Waals surface area contributed by atoms with Crippen LogP contribution in [0.1, 0.15) is 11.1 Å². The van der Waals surface area contributed by atoms with E-state index in [-0.39, 0.29) is 0 Å². The van der Waals surface area contributed by atoms with E-state index in [1.54, 1.807) is 0 Å². The molecule has 0 bridgehead atoms. The molecule has 0 spiro atoms. The highest BCUT2D eigenvalue weighted by Crippen LogP contribution is 2.27. The highest BCUT2D eigenvalue weighted by molar-refractivity contribution is 6.04. The summed E-state index contributed by atoms with van der Waals surface area (Å²) < 4.78 is 0. The maximum atomic E-state index is 3.28. The quantitative estimate of drug-likeness (QED) is 0.223. The second-order valence-electron chi connectivity index (χ2n) is 6.58. The predicted octanol–water partition coefficient (Wildman–Crippen LogP) is 6.55. The van der Waals surface area contributed by atoms with Gasteiger partial charge >= 0.3 is 0 Å². The van der Waals surface area contributed by atoms with E-state index in [1.165, 1.54) is 32.3 Å². The predicted molar refractivity (Wildman–Crippen MR) is 111 cm³/mol. The third-order valence-electron chi connectivity index (χ3n) is 4.79. The van der Waals surface area contributed by atoms with Gasteiger partial charge in [-0.15, -0.1) is 0 Å². The number of benzene rings is 5. The normalized spacial score (nSPS) is 10.8. The van der Waals surface area contributed by atoms with E-state index in [0.717, 1.165) is 11.1 Å². The molecule has 0 saturated carbocycles. The molecule has 120 valence electrons. The average molecular weight is 328 g/mol. The van der Waals surface area contributed by atoms with Crippen molar-refractivity contribution in [2.45, 2.75) is 0 Å². The Morgan fingerprint density at radius 2 is 0.846 bits per heavy atom. The minimum Gasteiger partial charge on any atom is -0.0622 e. The van der Waals surface area contributed by atoms with Crippen LogP contribution >= 0.6 is 0 Å². The molecule has 0 aliphatic heterocycles. The fraction of sp³-hybridized carbons (Fsp3) is 0. The van der Waals surface area contributed by atoms with E-state index in [0.29, 0.717) is 0 Å². The molecule has 5 aromatic carbocycles. The Morgan fingerprint density at radius 1 is 0.346 bits per heavy atom. The zero-order valence-corrected chi connectivity index (χ0v) is 14.2. The average Bonchev–Trinajstić information content (AvgIpc) is 2.70. The summed E-state index contributed by atoms with van der Waals surface area (Å²) in [6, 6.07) is 34.2. The van der Waals surface area contributed by atoms with Gasteiger partial charge in [0.2, 0.25) is 0 Å². The van der Waals surface area contributed by atoms with Crippen LogP contribution in [-0.4, -0.2) is 0 Å². The van der Waals surface area contributed by atoms with Crippen LogP contribution in [0, 0.1) is 11.8 Å². The zero-order valence-electron chi connectivity index (χ0n) is 14.2. The molecular weight excluding hydrogens is 312 g/mol. The van der Waals surface area contributed by atoms with Gasteiger partial charge in [0.15, 0.2) is 0 Å². The molecule has 0 fully saturated rings. The Morgan fingerprint density at radius 3 is 1.54 bits per heavy atom. The van der Waals surface area contributed by atoms with Gasteiger partial charge in [-0.25, -0.2) is 0 Å². The molecule has 5 aromatic rings. The van der Waals surface area contributed by atoms with E-state index >= 15 is 0 Å². The monoisotopic (exact) mass is 328 g/mol. The fourth-order valence-corrected chi connectivity index (χ4v) is 3.44. The lowest BCUT2D eigenvalue weighted by Crippen LogP contribution is -1.81. The maximum absolute atomic E-state index is 3.28. The van der Waals surface area contributed by atoms with Crippen molar-refractivity contribution in [2.24, 2.45) is 0 Å². The second-order valence-corrected chi connectivity index (χ2v) is 6.58. The van der Waals surface area contributed by atoms with Crippen molar-refractivity contribution in [3.05, 3.63) is 108 Å². The Balaban J connectivity index is 1.64. The van der Waals surface area contributed by atoms with Crippen LogP contribution < -0.4 is 0 Å². The Labute approximate surface area is 152 Å². The molecule has 0 aliphatic carbocycles. The van der Waals surface area contributed by atoms with Gasteiger partial charge in [0, 0.05) is 11.1 Å². The summed E-state index contributed by atoms with van der Waals surface area (Å²) in [6.45, 7) is 0. The first-order valence-corrected chi connectivity index (χ1v) is 8.79. The Bertz CT molecular complexity index is 1320. The topological polar surface area (TPSA) is 0 Å². The molecule has 0 heteroatoms. The van der Waals surface area contributed by atoms with Crippen molar-refractivity contribution in [1.82, 2.24) is 0 Å². The minimum atomic E-state index is 1.04. The standard InChI is InChI=1S/C26H16/c1-2-6-19(7-3-1)10-11-20-12-13-23-17-25-15-21-8-4-5-9-22(21)16-26(25)18-24(23)14-20/h1-9,12-18H. The lowest BCUT2D eigenvalue weighted by molar-refractivity contribution is 1.64. The molecule has 0 unspecified atom stereocenters. The molecule has 0 atom stereocenters. The molecule has 0 nitrogen and oxygen atoms in total. The SMILES string of the molecule is C(#Cc1ccc2cc3cc4ccccc4cc3cc2c1)c1ccccc1. The largest absolute Gasteiger partial charge is 0.0622 e. The van der Waals surface area contributed by atoms with Crippen molar-refractivity contribution in [3.63, 3.8) is 0 Å². The van der Waals surface area contributed by atoms with Gasteiger partial charge in [0.1, 0.15) is 0 Å². The smallest absolute Gasteiger partial charge is 0.0255 e. The van der Waals surface area contributed by atoms with Crippen LogP contribution in [0.5, 0.6) is 0 Å². The van der Waals surface area contributed by atoms with Gasteiger partial charge in [0.25, 0.3) is 0 Å². The lowest BCUT2D eigenvalue weighted by Gasteiger charge is -2.05. The van der Waals surface area contributed by atoms with Gasteiger partial charge in [-0.2, -0.15) is 0 Å². The van der Waals surface area contributed by atoms with Crippen molar-refractivity contribution in [1.29, 1.82) is 0 Å². The number of fused-ring (bicyclic) bond motifs is 3. The summed E-state index contributed by atoms with van der Waals surface area (Å²) in [5, 5.41) is 7.58. The molecule has 0 amide bonds. The number of hydrogen-bond acceptors (Lipinski definition) is 0.